The molecular weight excluding hydrogens is 1160 g/mol. The Labute approximate surface area is 520 Å². The summed E-state index contributed by atoms with van der Waals surface area (Å²) in [5, 5.41) is 33.2. The van der Waals surface area contributed by atoms with Crippen LogP contribution in [0.5, 0.6) is 0 Å². The summed E-state index contributed by atoms with van der Waals surface area (Å²) in [4.78, 5) is 100. The molecule has 0 saturated heterocycles. The van der Waals surface area contributed by atoms with Crippen LogP contribution in [-0.2, 0) is 0 Å². The van der Waals surface area contributed by atoms with Crippen molar-refractivity contribution in [2.24, 2.45) is 0 Å². The predicted octanol–water partition coefficient (Wildman–Crippen LogP) is -7.44. The zero-order chi connectivity index (χ0) is 52.3. The number of aromatic nitrogens is 6. The fraction of sp³-hybridized carbons (Fsp3) is 0.250. The van der Waals surface area contributed by atoms with Gasteiger partial charge in [-0.05, 0) is 72.8 Å². The number of carbonyl (C=O) groups excluding carboxylic acids is 6. The van der Waals surface area contributed by atoms with Crippen LogP contribution in [0.2, 0.25) is 0 Å². The molecule has 35 heteroatoms. The molecule has 83 heavy (non-hydrogen) atoms. The number of nitrogens with zero attached hydrogens (tertiary/aromatic N) is 8. The summed E-state index contributed by atoms with van der Waals surface area (Å²) in [5.41, 5.74) is 3.82. The first kappa shape index (κ1) is 83.9. The van der Waals surface area contributed by atoms with Crippen LogP contribution >= 0.6 is 0 Å². The molecule has 6 heterocycles. The van der Waals surface area contributed by atoms with Gasteiger partial charge in [0.05, 0.1) is 0 Å². The van der Waals surface area contributed by atoms with Gasteiger partial charge in [0.2, 0.25) is 0 Å². The molecule has 0 fully saturated rings. The van der Waals surface area contributed by atoms with Crippen molar-refractivity contribution in [1.29, 1.82) is 0 Å². The quantitative estimate of drug-likeness (QED) is 0.0251. The first-order valence-corrected chi connectivity index (χ1v) is 23.3. The van der Waals surface area contributed by atoms with E-state index in [2.05, 4.69) is 93.7 Å². The molecule has 0 radical (unpaired) electrons. The molecule has 452 valence electrons. The van der Waals surface area contributed by atoms with Gasteiger partial charge in [-0.1, -0.05) is 0 Å². The molecule has 0 aliphatic carbocycles. The van der Waals surface area contributed by atoms with Crippen molar-refractivity contribution in [3.8, 4) is 0 Å². The number of hydrogen-bond acceptors (Lipinski definition) is 14. The predicted molar refractivity (Wildman–Crippen MR) is 308 cm³/mol. The van der Waals surface area contributed by atoms with Gasteiger partial charge in [-0.3, -0.25) is 39.7 Å². The second kappa shape index (κ2) is 51.0. The summed E-state index contributed by atoms with van der Waals surface area (Å²) in [6.45, 7) is 5.22. The Balaban J connectivity index is -0.000000441. The molecule has 0 atom stereocenters. The fourth-order valence-electron chi connectivity index (χ4n) is 6.30. The Bertz CT molecular complexity index is 2140. The monoisotopic (exact) mass is 1230 g/mol. The Hall–Kier alpha value is -7.96. The number of anilines is 6. The largest absolute Gasteiger partial charge is 2.00 e. The van der Waals surface area contributed by atoms with E-state index in [4.69, 9.17) is 0 Å². The maximum atomic E-state index is 12.1. The summed E-state index contributed by atoms with van der Waals surface area (Å²) in [5.74, 6) is 0. The van der Waals surface area contributed by atoms with Crippen LogP contribution < -0.4 is 88.6 Å². The topological polar surface area (TPSA) is 520 Å². The van der Waals surface area contributed by atoms with Crippen molar-refractivity contribution in [1.82, 2.24) is 71.6 Å². The Morgan fingerprint density at radius 2 is 0.386 bits per heavy atom. The van der Waals surface area contributed by atoms with E-state index in [0.717, 1.165) is 0 Å². The summed E-state index contributed by atoms with van der Waals surface area (Å²) in [6.07, 6.45) is 19.1. The number of carbonyl (C=O) groups is 6. The van der Waals surface area contributed by atoms with Gasteiger partial charge in [0.15, 0.2) is 0 Å². The van der Waals surface area contributed by atoms with Crippen molar-refractivity contribution in [2.45, 2.75) is 0 Å². The third-order valence-electron chi connectivity index (χ3n) is 9.91. The molecule has 6 aromatic rings. The molecule has 0 aromatic carbocycles. The summed E-state index contributed by atoms with van der Waals surface area (Å²) >= 11 is 0. The van der Waals surface area contributed by atoms with Gasteiger partial charge >= 0.3 is 73.9 Å². The normalized spacial score (nSPS) is 9.18. The van der Waals surface area contributed by atoms with Crippen LogP contribution in [-0.4, -0.2) is 225 Å². The van der Waals surface area contributed by atoms with E-state index >= 15 is 0 Å². The number of rotatable bonds is 24. The van der Waals surface area contributed by atoms with Crippen LogP contribution in [0.4, 0.5) is 62.9 Å². The minimum absolute atomic E-state index is 0. The Kier molecular flexibility index (Phi) is 51.5. The average molecular weight is 1230 g/mol. The van der Waals surface area contributed by atoms with E-state index in [1.54, 1.807) is 147 Å². The van der Waals surface area contributed by atoms with Gasteiger partial charge < -0.3 is 121 Å². The third kappa shape index (κ3) is 38.4. The van der Waals surface area contributed by atoms with Crippen molar-refractivity contribution in [3.05, 3.63) is 147 Å². The zero-order valence-electron chi connectivity index (χ0n) is 44.8. The molecule has 32 nitrogen and oxygen atoms in total. The number of halogens is 2. The van der Waals surface area contributed by atoms with Gasteiger partial charge in [-0.2, -0.15) is 0 Å². The van der Waals surface area contributed by atoms with Crippen LogP contribution in [0.1, 0.15) is 0 Å². The smallest absolute Gasteiger partial charge is 1.00 e. The number of amides is 12. The Morgan fingerprint density at radius 3 is 0.506 bits per heavy atom. The summed E-state index contributed by atoms with van der Waals surface area (Å²) in [7, 11) is 0. The first-order valence-electron chi connectivity index (χ1n) is 23.3. The Morgan fingerprint density at radius 1 is 0.265 bits per heavy atom. The van der Waals surface area contributed by atoms with E-state index in [1.807, 2.05) is 9.80 Å². The summed E-state index contributed by atoms with van der Waals surface area (Å²) in [6, 6.07) is 18.3. The maximum Gasteiger partial charge on any atom is 2.00 e. The van der Waals surface area contributed by atoms with Crippen LogP contribution in [0.3, 0.4) is 0 Å². The minimum Gasteiger partial charge on any atom is -1.00 e. The van der Waals surface area contributed by atoms with E-state index in [0.29, 0.717) is 113 Å². The van der Waals surface area contributed by atoms with Crippen molar-refractivity contribution in [2.75, 3.05) is 110 Å². The molecule has 0 bridgehead atoms. The second-order valence-corrected chi connectivity index (χ2v) is 15.4. The number of pyridine rings is 6. The fourth-order valence-corrected chi connectivity index (χ4v) is 6.30. The van der Waals surface area contributed by atoms with Gasteiger partial charge in [-0.25, -0.2) is 28.8 Å². The zero-order valence-corrected chi connectivity index (χ0v) is 48.6. The molecule has 0 saturated carbocycles. The number of nitrogens with one attached hydrogen (secondary N) is 12. The second-order valence-electron chi connectivity index (χ2n) is 15.4. The SMILES string of the molecule is O.O.O.O.O.O.O=C(NCCN(CCNC(=O)Nc1ccncc1)CCNC(=O)Nc1ccncc1)Nc1ccncc1.O=C(NCCN(CCNC(=O)Nc1ccncc1)CCNC(=O)Nc1ccncc1)Nc1ccncc1.[Ca+2].[Cl-].[Cl-]. The molecule has 0 spiro atoms. The van der Waals surface area contributed by atoms with Gasteiger partial charge in [0.25, 0.3) is 0 Å². The molecule has 0 unspecified atom stereocenters. The van der Waals surface area contributed by atoms with Crippen molar-refractivity contribution < 1.29 is 86.4 Å². The van der Waals surface area contributed by atoms with E-state index in [1.165, 1.54) is 0 Å². The van der Waals surface area contributed by atoms with E-state index in [9.17, 15) is 28.8 Å². The van der Waals surface area contributed by atoms with Crippen LogP contribution in [0.25, 0.3) is 0 Å². The molecule has 12 amide bonds. The van der Waals surface area contributed by atoms with Crippen molar-refractivity contribution >= 4 is 108 Å². The first-order chi connectivity index (χ1) is 36.2. The van der Waals surface area contributed by atoms with Crippen LogP contribution in [0, 0.1) is 0 Å². The standard InChI is InChI=1S/2C24H30N10O3.Ca.2ClH.6H2O/c2*35-22(31-19-1-7-25-8-2-19)28-13-16-34(17-14-29-23(36)32-20-3-9-26-10-4-20)18-15-30-24(37)33-21-5-11-27-12-6-21;;;;;;;;;/h2*1-12H,13-18H2,(H2,25,28,31,35)(H2,26,29,32,36)(H2,27,30,33,37);;2*1H;6*1H2/q;;+2;;;;;;;;/p-2. The molecule has 0 aliphatic heterocycles. The molecule has 6 aromatic heterocycles. The third-order valence-corrected chi connectivity index (χ3v) is 9.91. The number of hydrogen-bond donors (Lipinski definition) is 12. The minimum atomic E-state index is -0.337. The molecule has 6 rings (SSSR count). The molecular formula is C48H72CaCl2N20O12. The van der Waals surface area contributed by atoms with Crippen LogP contribution in [0.15, 0.2) is 147 Å². The summed E-state index contributed by atoms with van der Waals surface area (Å²) < 4.78 is 0. The van der Waals surface area contributed by atoms with Crippen molar-refractivity contribution in [3.63, 3.8) is 0 Å². The molecule has 24 N–H and O–H groups in total. The average Bonchev–Trinajstić information content (AvgIpc) is 3.40. The maximum absolute atomic E-state index is 12.1. The van der Waals surface area contributed by atoms with Gasteiger partial charge in [-0.15, -0.1) is 0 Å². The molecule has 0 aliphatic rings. The van der Waals surface area contributed by atoms with Gasteiger partial charge in [0.1, 0.15) is 0 Å². The van der Waals surface area contributed by atoms with E-state index in [-0.39, 0.29) is 132 Å². The number of urea groups is 6. The van der Waals surface area contributed by atoms with Gasteiger partial charge in [0, 0.05) is 187 Å². The van der Waals surface area contributed by atoms with E-state index < -0.39 is 0 Å².